The highest BCUT2D eigenvalue weighted by Gasteiger charge is 2.55. The number of carboxylic acids is 3. The van der Waals surface area contributed by atoms with E-state index in [2.05, 4.69) is 19.1 Å². The van der Waals surface area contributed by atoms with Crippen molar-refractivity contribution in [3.8, 4) is 0 Å². The zero-order valence-corrected chi connectivity index (χ0v) is 24.1. The van der Waals surface area contributed by atoms with Crippen LogP contribution in [0.3, 0.4) is 0 Å². The van der Waals surface area contributed by atoms with Gasteiger partial charge in [-0.1, -0.05) is 97.6 Å². The van der Waals surface area contributed by atoms with Crippen LogP contribution < -0.4 is 0 Å². The van der Waals surface area contributed by atoms with Crippen molar-refractivity contribution < 1.29 is 34.2 Å². The van der Waals surface area contributed by atoms with E-state index < -0.39 is 40.5 Å². The quantitative estimate of drug-likeness (QED) is 0.0648. The van der Waals surface area contributed by atoms with Crippen LogP contribution in [0.2, 0.25) is 0 Å². The molecule has 0 aromatic heterocycles. The summed E-state index contributed by atoms with van der Waals surface area (Å²) in [5.41, 5.74) is 0. The van der Waals surface area contributed by atoms with E-state index >= 15 is 0 Å². The highest BCUT2D eigenvalue weighted by molar-refractivity contribution is 5.78. The average molecular weight is 527 g/mol. The van der Waals surface area contributed by atoms with Gasteiger partial charge < -0.3 is 15.3 Å². The predicted molar refractivity (Wildman–Crippen MR) is 150 cm³/mol. The first-order chi connectivity index (χ1) is 17.7. The smallest absolute Gasteiger partial charge is 0.362 e. The van der Waals surface area contributed by atoms with Crippen molar-refractivity contribution in [2.75, 3.05) is 6.54 Å². The molecule has 0 aliphatic rings. The fraction of sp³-hybridized carbons (Fsp3) is 0.833. The molecule has 216 valence electrons. The van der Waals surface area contributed by atoms with Crippen molar-refractivity contribution >= 4 is 17.9 Å². The highest BCUT2D eigenvalue weighted by atomic mass is 16.4. The number of hydrogen-bond donors (Lipinski definition) is 3. The normalized spacial score (nSPS) is 15.8. The molecule has 0 rings (SSSR count). The molecule has 0 aliphatic carbocycles. The summed E-state index contributed by atoms with van der Waals surface area (Å²) in [6, 6.07) is -3.23. The Morgan fingerprint density at radius 3 is 1.19 bits per heavy atom. The van der Waals surface area contributed by atoms with E-state index in [9.17, 15) is 29.7 Å². The largest absolute Gasteiger partial charge is 0.477 e. The summed E-state index contributed by atoms with van der Waals surface area (Å²) in [5, 5.41) is 30.0. The minimum atomic E-state index is -1.13. The molecule has 37 heavy (non-hydrogen) atoms. The summed E-state index contributed by atoms with van der Waals surface area (Å²) < 4.78 is -0.425. The van der Waals surface area contributed by atoms with Gasteiger partial charge in [-0.15, -0.1) is 0 Å². The number of nitrogens with zero attached hydrogens (tertiary/aromatic N) is 1. The third kappa shape index (κ3) is 12.5. The lowest BCUT2D eigenvalue weighted by Crippen LogP contribution is -2.72. The molecule has 0 amide bonds. The minimum Gasteiger partial charge on any atom is -0.477 e. The third-order valence-electron chi connectivity index (χ3n) is 7.81. The average Bonchev–Trinajstić information content (AvgIpc) is 2.84. The molecule has 0 heterocycles. The standard InChI is InChI=1S/C30H55NO6/c1-5-9-10-11-12-13-14-15-16-17-18-19-20-21-22-23-24-31(25(6-2)28(32)33,26(7-3)29(34)35)27(8-4)30(36)37/h19-20,25-27H,5-18,21-24H2,1-4H3,(H2-,32,33,34,35,36,37)/p+1/b20-19+. The predicted octanol–water partition coefficient (Wildman–Crippen LogP) is 7.43. The molecule has 3 atom stereocenters. The fourth-order valence-corrected chi connectivity index (χ4v) is 5.91. The Kier molecular flexibility index (Phi) is 20.0. The number of carboxylic acid groups (broad SMARTS) is 3. The molecule has 0 bridgehead atoms. The van der Waals surface area contributed by atoms with Gasteiger partial charge in [-0.2, -0.15) is 0 Å². The fourth-order valence-electron chi connectivity index (χ4n) is 5.91. The minimum absolute atomic E-state index is 0.182. The van der Waals surface area contributed by atoms with E-state index in [1.54, 1.807) is 20.8 Å². The number of allylic oxidation sites excluding steroid dienone is 2. The number of aliphatic carboxylic acids is 3. The molecule has 0 aromatic rings. The highest BCUT2D eigenvalue weighted by Crippen LogP contribution is 2.32. The van der Waals surface area contributed by atoms with E-state index in [0.29, 0.717) is 6.42 Å². The van der Waals surface area contributed by atoms with Gasteiger partial charge in [0.05, 0.1) is 6.54 Å². The Labute approximate surface area is 225 Å². The van der Waals surface area contributed by atoms with E-state index in [4.69, 9.17) is 0 Å². The molecule has 0 saturated heterocycles. The van der Waals surface area contributed by atoms with Gasteiger partial charge in [0.2, 0.25) is 0 Å². The van der Waals surface area contributed by atoms with Crippen LogP contribution in [0.25, 0.3) is 0 Å². The summed E-state index contributed by atoms with van der Waals surface area (Å²) in [6.07, 6.45) is 21.3. The summed E-state index contributed by atoms with van der Waals surface area (Å²) in [5.74, 6) is -3.38. The van der Waals surface area contributed by atoms with Crippen molar-refractivity contribution in [3.05, 3.63) is 12.2 Å². The number of unbranched alkanes of at least 4 members (excludes halogenated alkanes) is 12. The molecule has 7 nitrogen and oxygen atoms in total. The molecule has 0 aliphatic heterocycles. The molecule has 0 saturated carbocycles. The number of quaternary nitrogens is 1. The number of rotatable bonds is 25. The van der Waals surface area contributed by atoms with E-state index in [1.165, 1.54) is 64.2 Å². The summed E-state index contributed by atoms with van der Waals surface area (Å²) in [4.78, 5) is 36.7. The van der Waals surface area contributed by atoms with E-state index in [-0.39, 0.29) is 25.8 Å². The Morgan fingerprint density at radius 2 is 0.865 bits per heavy atom. The van der Waals surface area contributed by atoms with Crippen molar-refractivity contribution in [3.63, 3.8) is 0 Å². The summed E-state index contributed by atoms with van der Waals surface area (Å²) in [6.45, 7) is 7.57. The van der Waals surface area contributed by atoms with E-state index in [0.717, 1.165) is 19.3 Å². The van der Waals surface area contributed by atoms with Crippen LogP contribution >= 0.6 is 0 Å². The van der Waals surface area contributed by atoms with Crippen LogP contribution in [0.1, 0.15) is 137 Å². The maximum Gasteiger partial charge on any atom is 0.362 e. The van der Waals surface area contributed by atoms with Gasteiger partial charge >= 0.3 is 17.9 Å². The first-order valence-corrected chi connectivity index (χ1v) is 14.9. The second-order valence-corrected chi connectivity index (χ2v) is 10.4. The molecule has 0 spiro atoms. The van der Waals surface area contributed by atoms with Crippen LogP contribution in [0, 0.1) is 0 Å². The topological polar surface area (TPSA) is 112 Å². The van der Waals surface area contributed by atoms with Gasteiger partial charge in [0.1, 0.15) is 0 Å². The van der Waals surface area contributed by atoms with E-state index in [1.807, 2.05) is 0 Å². The van der Waals surface area contributed by atoms with Crippen LogP contribution in [-0.2, 0) is 14.4 Å². The van der Waals surface area contributed by atoms with Crippen molar-refractivity contribution in [2.45, 2.75) is 155 Å². The SMILES string of the molecule is CCCCCCCCCCCC/C=C/CCCC[N+](C(CC)C(=O)O)(C(CC)C(=O)O)C(CC)C(=O)O. The van der Waals surface area contributed by atoms with Gasteiger partial charge in [0, 0.05) is 19.3 Å². The van der Waals surface area contributed by atoms with Gasteiger partial charge in [-0.05, 0) is 32.1 Å². The Hall–Kier alpha value is -1.89. The third-order valence-corrected chi connectivity index (χ3v) is 7.81. The maximum atomic E-state index is 12.2. The maximum absolute atomic E-state index is 12.2. The van der Waals surface area contributed by atoms with Crippen LogP contribution in [0.5, 0.6) is 0 Å². The molecule has 0 aromatic carbocycles. The van der Waals surface area contributed by atoms with Crippen molar-refractivity contribution in [2.24, 2.45) is 0 Å². The summed E-state index contributed by atoms with van der Waals surface area (Å²) >= 11 is 0. The first kappa shape index (κ1) is 35.1. The molecule has 0 fully saturated rings. The zero-order chi connectivity index (χ0) is 28.1. The molecular weight excluding hydrogens is 470 g/mol. The second-order valence-electron chi connectivity index (χ2n) is 10.4. The van der Waals surface area contributed by atoms with Gasteiger partial charge in [0.15, 0.2) is 18.1 Å². The van der Waals surface area contributed by atoms with Gasteiger partial charge in [-0.25, -0.2) is 14.4 Å². The second kappa shape index (κ2) is 21.1. The number of carbonyl (C=O) groups is 3. The van der Waals surface area contributed by atoms with Crippen molar-refractivity contribution in [1.29, 1.82) is 0 Å². The van der Waals surface area contributed by atoms with Crippen molar-refractivity contribution in [1.82, 2.24) is 0 Å². The van der Waals surface area contributed by atoms with Crippen LogP contribution in [0.15, 0.2) is 12.2 Å². The zero-order valence-electron chi connectivity index (χ0n) is 24.1. The molecule has 3 unspecified atom stereocenters. The van der Waals surface area contributed by atoms with Gasteiger partial charge in [0.25, 0.3) is 0 Å². The molecule has 0 radical (unpaired) electrons. The molecule has 3 N–H and O–H groups in total. The van der Waals surface area contributed by atoms with Crippen LogP contribution in [0.4, 0.5) is 0 Å². The molecule has 7 heteroatoms. The Balaban J connectivity index is 4.83. The first-order valence-electron chi connectivity index (χ1n) is 14.9. The monoisotopic (exact) mass is 526 g/mol. The summed E-state index contributed by atoms with van der Waals surface area (Å²) in [7, 11) is 0. The van der Waals surface area contributed by atoms with Gasteiger partial charge in [-0.3, -0.25) is 4.48 Å². The Bertz CT molecular complexity index is 607. The molecular formula is C30H56NO6+. The number of hydrogen-bond acceptors (Lipinski definition) is 3. The van der Waals surface area contributed by atoms with Crippen LogP contribution in [-0.4, -0.2) is 62.4 Å². The lowest BCUT2D eigenvalue weighted by atomic mass is 9.94. The Morgan fingerprint density at radius 1 is 0.541 bits per heavy atom. The lowest BCUT2D eigenvalue weighted by molar-refractivity contribution is -0.973. The lowest BCUT2D eigenvalue weighted by Gasteiger charge is -2.49.